The first-order valence-corrected chi connectivity index (χ1v) is 14.7. The Labute approximate surface area is 211 Å². The van der Waals surface area contributed by atoms with Crippen LogP contribution >= 0.6 is 0 Å². The van der Waals surface area contributed by atoms with Gasteiger partial charge in [0, 0.05) is 12.5 Å². The van der Waals surface area contributed by atoms with Crippen molar-refractivity contribution in [2.75, 3.05) is 0 Å². The molecule has 0 bridgehead atoms. The van der Waals surface area contributed by atoms with Crippen LogP contribution in [0.5, 0.6) is 0 Å². The molecule has 0 aromatic carbocycles. The number of rotatable bonds is 28. The Hall–Kier alpha value is -1.32. The smallest absolute Gasteiger partial charge is 0.327 e. The van der Waals surface area contributed by atoms with Crippen molar-refractivity contribution in [2.45, 2.75) is 167 Å². The third kappa shape index (κ3) is 30.7. The highest BCUT2D eigenvalue weighted by atomic mass is 16.4. The van der Waals surface area contributed by atoms with Gasteiger partial charge in [-0.25, -0.2) is 4.79 Å². The third-order valence-electron chi connectivity index (χ3n) is 6.77. The van der Waals surface area contributed by atoms with Gasteiger partial charge in [-0.2, -0.15) is 0 Å². The van der Waals surface area contributed by atoms with Gasteiger partial charge in [-0.1, -0.05) is 147 Å². The van der Waals surface area contributed by atoms with Gasteiger partial charge in [-0.05, 0) is 19.3 Å². The zero-order valence-corrected chi connectivity index (χ0v) is 22.3. The summed E-state index contributed by atoms with van der Waals surface area (Å²) < 4.78 is 0. The van der Waals surface area contributed by atoms with Crippen molar-refractivity contribution < 1.29 is 19.8 Å². The Bertz CT molecular complexity index is 472. The standard InChI is InChI=1S/C30H56O4/c31-29(32)27-25-23-21-19-17-15-13-11-9-7-5-3-1-2-4-6-8-10-12-14-16-18-20-22-24-26-28-30(33)34/h25,27H,1-24,26,28H2,(H,31,32)(H,33,34). The predicted octanol–water partition coefficient (Wildman–Crippen LogP) is 9.85. The first-order valence-electron chi connectivity index (χ1n) is 14.7. The van der Waals surface area contributed by atoms with Gasteiger partial charge in [0.1, 0.15) is 0 Å². The molecule has 0 saturated carbocycles. The van der Waals surface area contributed by atoms with Crippen LogP contribution in [0.2, 0.25) is 0 Å². The van der Waals surface area contributed by atoms with Gasteiger partial charge in [0.2, 0.25) is 0 Å². The van der Waals surface area contributed by atoms with Crippen LogP contribution < -0.4 is 0 Å². The molecule has 0 aliphatic rings. The van der Waals surface area contributed by atoms with Crippen LogP contribution in [0.15, 0.2) is 12.2 Å². The number of carboxylic acid groups (broad SMARTS) is 2. The Morgan fingerprint density at radius 3 is 0.941 bits per heavy atom. The minimum absolute atomic E-state index is 0.335. The zero-order valence-electron chi connectivity index (χ0n) is 22.3. The van der Waals surface area contributed by atoms with Crippen molar-refractivity contribution in [1.29, 1.82) is 0 Å². The second-order valence-corrected chi connectivity index (χ2v) is 10.2. The van der Waals surface area contributed by atoms with E-state index >= 15 is 0 Å². The number of aliphatic carboxylic acids is 2. The summed E-state index contributed by atoms with van der Waals surface area (Å²) in [7, 11) is 0. The molecule has 0 aliphatic carbocycles. The maximum atomic E-state index is 10.4. The van der Waals surface area contributed by atoms with Crippen LogP contribution in [0.1, 0.15) is 167 Å². The Balaban J connectivity index is 3.05. The SMILES string of the molecule is O=C(O)C=CCCCCCCCCCCCCCCCCCCCCCCCCCCC(=O)O. The monoisotopic (exact) mass is 480 g/mol. The molecule has 2 N–H and O–H groups in total. The molecular weight excluding hydrogens is 424 g/mol. The number of unbranched alkanes of at least 4 members (excludes halogenated alkanes) is 24. The van der Waals surface area contributed by atoms with Gasteiger partial charge < -0.3 is 10.2 Å². The largest absolute Gasteiger partial charge is 0.481 e. The first-order chi connectivity index (χ1) is 16.6. The summed E-state index contributed by atoms with van der Waals surface area (Å²) in [5.74, 6) is -1.50. The van der Waals surface area contributed by atoms with Crippen LogP contribution in [0.4, 0.5) is 0 Å². The van der Waals surface area contributed by atoms with Crippen molar-refractivity contribution >= 4 is 11.9 Å². The molecule has 0 heterocycles. The van der Waals surface area contributed by atoms with Crippen LogP contribution in [0.25, 0.3) is 0 Å². The lowest BCUT2D eigenvalue weighted by molar-refractivity contribution is -0.137. The average molecular weight is 481 g/mol. The third-order valence-corrected chi connectivity index (χ3v) is 6.77. The van der Waals surface area contributed by atoms with Crippen LogP contribution in [-0.2, 0) is 9.59 Å². The lowest BCUT2D eigenvalue weighted by Gasteiger charge is -2.04. The number of carbonyl (C=O) groups is 2. The molecule has 200 valence electrons. The van der Waals surface area contributed by atoms with E-state index in [4.69, 9.17) is 10.2 Å². The summed E-state index contributed by atoms with van der Waals surface area (Å²) in [5.41, 5.74) is 0. The quantitative estimate of drug-likeness (QED) is 0.0862. The molecular formula is C30H56O4. The summed E-state index contributed by atoms with van der Waals surface area (Å²) >= 11 is 0. The molecule has 4 nitrogen and oxygen atoms in total. The fraction of sp³-hybridized carbons (Fsp3) is 0.867. The molecule has 0 aromatic rings. The highest BCUT2D eigenvalue weighted by Crippen LogP contribution is 2.16. The van der Waals surface area contributed by atoms with E-state index in [1.807, 2.05) is 0 Å². The van der Waals surface area contributed by atoms with Crippen molar-refractivity contribution in [3.8, 4) is 0 Å². The van der Waals surface area contributed by atoms with Gasteiger partial charge >= 0.3 is 11.9 Å². The molecule has 34 heavy (non-hydrogen) atoms. The molecule has 0 aliphatic heterocycles. The highest BCUT2D eigenvalue weighted by molar-refractivity contribution is 5.79. The summed E-state index contributed by atoms with van der Waals surface area (Å²) in [6.45, 7) is 0. The van der Waals surface area contributed by atoms with Crippen molar-refractivity contribution in [3.05, 3.63) is 12.2 Å². The molecule has 0 fully saturated rings. The number of hydrogen-bond acceptors (Lipinski definition) is 2. The maximum absolute atomic E-state index is 10.4. The lowest BCUT2D eigenvalue weighted by Crippen LogP contribution is -1.93. The lowest BCUT2D eigenvalue weighted by atomic mass is 10.0. The topological polar surface area (TPSA) is 74.6 Å². The minimum Gasteiger partial charge on any atom is -0.481 e. The highest BCUT2D eigenvalue weighted by Gasteiger charge is 1.98. The van der Waals surface area contributed by atoms with Gasteiger partial charge in [0.15, 0.2) is 0 Å². The number of hydrogen-bond donors (Lipinski definition) is 2. The van der Waals surface area contributed by atoms with Gasteiger partial charge in [-0.3, -0.25) is 4.79 Å². The van der Waals surface area contributed by atoms with E-state index in [1.54, 1.807) is 6.08 Å². The average Bonchev–Trinajstić information content (AvgIpc) is 2.80. The number of allylic oxidation sites excluding steroid dienone is 1. The molecule has 0 saturated heterocycles. The van der Waals surface area contributed by atoms with E-state index in [1.165, 1.54) is 141 Å². The van der Waals surface area contributed by atoms with Gasteiger partial charge in [0.05, 0.1) is 0 Å². The fourth-order valence-electron chi connectivity index (χ4n) is 4.61. The van der Waals surface area contributed by atoms with Gasteiger partial charge in [0.25, 0.3) is 0 Å². The minimum atomic E-state index is -0.839. The van der Waals surface area contributed by atoms with E-state index in [-0.39, 0.29) is 0 Å². The zero-order chi connectivity index (χ0) is 25.0. The van der Waals surface area contributed by atoms with Crippen molar-refractivity contribution in [3.63, 3.8) is 0 Å². The molecule has 0 amide bonds. The second-order valence-electron chi connectivity index (χ2n) is 10.2. The molecule has 4 heteroatoms. The second kappa shape index (κ2) is 27.9. The summed E-state index contributed by atoms with van der Waals surface area (Å²) in [5, 5.41) is 17.1. The Morgan fingerprint density at radius 1 is 0.412 bits per heavy atom. The van der Waals surface area contributed by atoms with E-state index < -0.39 is 11.9 Å². The Kier molecular flexibility index (Phi) is 26.8. The molecule has 0 atom stereocenters. The van der Waals surface area contributed by atoms with Crippen LogP contribution in [-0.4, -0.2) is 22.2 Å². The Morgan fingerprint density at radius 2 is 0.676 bits per heavy atom. The van der Waals surface area contributed by atoms with E-state index in [0.717, 1.165) is 25.7 Å². The van der Waals surface area contributed by atoms with E-state index in [9.17, 15) is 9.59 Å². The van der Waals surface area contributed by atoms with Crippen molar-refractivity contribution in [1.82, 2.24) is 0 Å². The van der Waals surface area contributed by atoms with E-state index in [2.05, 4.69) is 0 Å². The molecule has 0 unspecified atom stereocenters. The summed E-state index contributed by atoms with van der Waals surface area (Å²) in [6.07, 6.45) is 35.9. The number of carboxylic acids is 2. The molecule has 0 aromatic heterocycles. The van der Waals surface area contributed by atoms with Crippen LogP contribution in [0.3, 0.4) is 0 Å². The van der Waals surface area contributed by atoms with Crippen molar-refractivity contribution in [2.24, 2.45) is 0 Å². The first kappa shape index (κ1) is 32.7. The van der Waals surface area contributed by atoms with Crippen LogP contribution in [0, 0.1) is 0 Å². The van der Waals surface area contributed by atoms with Gasteiger partial charge in [-0.15, -0.1) is 0 Å². The fourth-order valence-corrected chi connectivity index (χ4v) is 4.61. The molecule has 0 radical (unpaired) electrons. The molecule has 0 spiro atoms. The van der Waals surface area contributed by atoms with E-state index in [0.29, 0.717) is 6.42 Å². The summed E-state index contributed by atoms with van der Waals surface area (Å²) in [4.78, 5) is 20.8. The molecule has 0 rings (SSSR count). The normalized spacial score (nSPS) is 11.4. The maximum Gasteiger partial charge on any atom is 0.327 e. The predicted molar refractivity (Wildman–Crippen MR) is 144 cm³/mol. The summed E-state index contributed by atoms with van der Waals surface area (Å²) in [6, 6.07) is 0.